The largest absolute Gasteiger partial charge is 0.352 e. The molecular formula is C17H15N5O3S. The number of nitro groups is 1. The fraction of sp³-hybridized carbons (Fsp3) is 0.118. The number of thiazole rings is 1. The molecule has 0 saturated heterocycles. The lowest BCUT2D eigenvalue weighted by Gasteiger charge is -2.04. The number of anilines is 1. The molecule has 0 atom stereocenters. The van der Waals surface area contributed by atoms with Crippen LogP contribution in [-0.2, 0) is 4.79 Å². The Kier molecular flexibility index (Phi) is 5.18. The van der Waals surface area contributed by atoms with Crippen LogP contribution in [-0.4, -0.2) is 28.1 Å². The van der Waals surface area contributed by atoms with Gasteiger partial charge in [-0.15, -0.1) is 0 Å². The average Bonchev–Trinajstić information content (AvgIpc) is 3.07. The van der Waals surface area contributed by atoms with Gasteiger partial charge >= 0.3 is 0 Å². The second-order valence-electron chi connectivity index (χ2n) is 5.35. The molecule has 0 aliphatic carbocycles. The molecule has 3 rings (SSSR count). The minimum absolute atomic E-state index is 0.00646. The fourth-order valence-electron chi connectivity index (χ4n) is 2.29. The van der Waals surface area contributed by atoms with Gasteiger partial charge in [0.05, 0.1) is 33.0 Å². The summed E-state index contributed by atoms with van der Waals surface area (Å²) in [4.78, 5) is 26.9. The molecule has 0 saturated carbocycles. The van der Waals surface area contributed by atoms with Gasteiger partial charge in [0, 0.05) is 6.07 Å². The number of hydrogen-bond donors (Lipinski definition) is 2. The topological polar surface area (TPSA) is 110 Å². The Morgan fingerprint density at radius 2 is 1.96 bits per heavy atom. The number of carbonyl (C=O) groups is 1. The molecule has 0 aliphatic heterocycles. The van der Waals surface area contributed by atoms with Gasteiger partial charge in [0.1, 0.15) is 0 Å². The van der Waals surface area contributed by atoms with Crippen LogP contribution >= 0.6 is 11.3 Å². The summed E-state index contributed by atoms with van der Waals surface area (Å²) in [5.41, 5.74) is 3.91. The van der Waals surface area contributed by atoms with Crippen molar-refractivity contribution in [3.63, 3.8) is 0 Å². The van der Waals surface area contributed by atoms with Crippen molar-refractivity contribution in [2.24, 2.45) is 5.10 Å². The van der Waals surface area contributed by atoms with Crippen LogP contribution in [0.15, 0.2) is 53.6 Å². The summed E-state index contributed by atoms with van der Waals surface area (Å²) in [6, 6.07) is 13.9. The molecule has 2 N–H and O–H groups in total. The Morgan fingerprint density at radius 3 is 2.73 bits per heavy atom. The van der Waals surface area contributed by atoms with Crippen molar-refractivity contribution >= 4 is 44.0 Å². The first-order valence-electron chi connectivity index (χ1n) is 7.71. The summed E-state index contributed by atoms with van der Waals surface area (Å²) in [5, 5.41) is 18.6. The van der Waals surface area contributed by atoms with Gasteiger partial charge in [0.2, 0.25) is 0 Å². The predicted octanol–water partition coefficient (Wildman–Crippen LogP) is 3.16. The third-order valence-corrected chi connectivity index (χ3v) is 4.53. The van der Waals surface area contributed by atoms with Crippen LogP contribution in [0, 0.1) is 10.1 Å². The molecule has 1 aromatic heterocycles. The number of nitrogens with zero attached hydrogens (tertiary/aromatic N) is 3. The number of benzene rings is 2. The highest BCUT2D eigenvalue weighted by Gasteiger charge is 2.15. The molecule has 9 heteroatoms. The minimum atomic E-state index is -0.481. The number of amides is 1. The zero-order valence-corrected chi connectivity index (χ0v) is 14.6. The summed E-state index contributed by atoms with van der Waals surface area (Å²) in [6.07, 6.45) is 0. The number of nitrogens with one attached hydrogen (secondary N) is 2. The lowest BCUT2D eigenvalue weighted by molar-refractivity contribution is -0.385. The van der Waals surface area contributed by atoms with Gasteiger partial charge in [-0.25, -0.2) is 10.4 Å². The second-order valence-corrected chi connectivity index (χ2v) is 6.38. The quantitative estimate of drug-likeness (QED) is 0.394. The Hall–Kier alpha value is -3.33. The normalized spacial score (nSPS) is 11.3. The Bertz CT molecular complexity index is 966. The molecule has 1 heterocycles. The van der Waals surface area contributed by atoms with Crippen LogP contribution in [0.3, 0.4) is 0 Å². The van der Waals surface area contributed by atoms with Crippen molar-refractivity contribution in [2.45, 2.75) is 6.92 Å². The molecule has 0 radical (unpaired) electrons. The maximum Gasteiger partial charge on any atom is 0.278 e. The van der Waals surface area contributed by atoms with E-state index in [2.05, 4.69) is 20.8 Å². The maximum atomic E-state index is 11.9. The van der Waals surface area contributed by atoms with E-state index in [9.17, 15) is 14.9 Å². The monoisotopic (exact) mass is 369 g/mol. The standard InChI is InChI=1S/C17H15N5O3S/c1-11(12-6-2-4-8-14(12)22(24)25)20-21-16(23)10-18-17-19-13-7-3-5-9-15(13)26-17/h2-9H,10H2,1H3,(H,18,19)(H,21,23)/b20-11-. The molecule has 0 fully saturated rings. The zero-order valence-electron chi connectivity index (χ0n) is 13.8. The first kappa shape index (κ1) is 17.5. The molecule has 8 nitrogen and oxygen atoms in total. The van der Waals surface area contributed by atoms with Crippen molar-refractivity contribution in [2.75, 3.05) is 11.9 Å². The first-order valence-corrected chi connectivity index (χ1v) is 8.52. The molecule has 3 aromatic rings. The van der Waals surface area contributed by atoms with Crippen LogP contribution in [0.5, 0.6) is 0 Å². The van der Waals surface area contributed by atoms with Gasteiger partial charge in [-0.3, -0.25) is 14.9 Å². The summed E-state index contributed by atoms with van der Waals surface area (Å²) in [5.74, 6) is -0.373. The summed E-state index contributed by atoms with van der Waals surface area (Å²) in [6.45, 7) is 1.59. The number of para-hydroxylation sites is 2. The number of fused-ring (bicyclic) bond motifs is 1. The highest BCUT2D eigenvalue weighted by Crippen LogP contribution is 2.25. The van der Waals surface area contributed by atoms with E-state index in [0.29, 0.717) is 16.4 Å². The number of rotatable bonds is 6. The molecular weight excluding hydrogens is 354 g/mol. The highest BCUT2D eigenvalue weighted by molar-refractivity contribution is 7.22. The average molecular weight is 369 g/mol. The number of aromatic nitrogens is 1. The van der Waals surface area contributed by atoms with Crippen molar-refractivity contribution in [1.82, 2.24) is 10.4 Å². The van der Waals surface area contributed by atoms with Crippen molar-refractivity contribution in [3.05, 3.63) is 64.2 Å². The van der Waals surface area contributed by atoms with E-state index >= 15 is 0 Å². The van der Waals surface area contributed by atoms with Crippen LogP contribution in [0.25, 0.3) is 10.2 Å². The van der Waals surface area contributed by atoms with Crippen LogP contribution in [0.1, 0.15) is 12.5 Å². The Balaban J connectivity index is 1.61. The summed E-state index contributed by atoms with van der Waals surface area (Å²) in [7, 11) is 0. The van der Waals surface area contributed by atoms with E-state index in [1.54, 1.807) is 25.1 Å². The molecule has 26 heavy (non-hydrogen) atoms. The predicted molar refractivity (Wildman–Crippen MR) is 102 cm³/mol. The highest BCUT2D eigenvalue weighted by atomic mass is 32.1. The van der Waals surface area contributed by atoms with Gasteiger partial charge in [0.15, 0.2) is 5.13 Å². The summed E-state index contributed by atoms with van der Waals surface area (Å²) < 4.78 is 1.03. The molecule has 0 unspecified atom stereocenters. The third-order valence-electron chi connectivity index (χ3n) is 3.53. The minimum Gasteiger partial charge on any atom is -0.352 e. The van der Waals surface area contributed by atoms with E-state index in [1.165, 1.54) is 17.4 Å². The van der Waals surface area contributed by atoms with E-state index < -0.39 is 4.92 Å². The molecule has 0 spiro atoms. The maximum absolute atomic E-state index is 11.9. The number of hydrogen-bond acceptors (Lipinski definition) is 7. The third kappa shape index (κ3) is 4.01. The summed E-state index contributed by atoms with van der Waals surface area (Å²) >= 11 is 1.45. The van der Waals surface area contributed by atoms with Crippen molar-refractivity contribution in [3.8, 4) is 0 Å². The molecule has 1 amide bonds. The smallest absolute Gasteiger partial charge is 0.278 e. The molecule has 2 aromatic carbocycles. The van der Waals surface area contributed by atoms with Gasteiger partial charge in [0.25, 0.3) is 11.6 Å². The molecule has 132 valence electrons. The molecule has 0 aliphatic rings. The van der Waals surface area contributed by atoms with Crippen LogP contribution in [0.4, 0.5) is 10.8 Å². The molecule has 0 bridgehead atoms. The van der Waals surface area contributed by atoms with E-state index in [0.717, 1.165) is 10.2 Å². The number of hydrazone groups is 1. The van der Waals surface area contributed by atoms with Crippen LogP contribution in [0.2, 0.25) is 0 Å². The Labute approximate surface area is 152 Å². The zero-order chi connectivity index (χ0) is 18.5. The first-order chi connectivity index (χ1) is 12.5. The van der Waals surface area contributed by atoms with E-state index in [1.807, 2.05) is 24.3 Å². The van der Waals surface area contributed by atoms with E-state index in [-0.39, 0.29) is 18.1 Å². The van der Waals surface area contributed by atoms with Gasteiger partial charge < -0.3 is 5.32 Å². The number of nitro benzene ring substituents is 1. The fourth-order valence-corrected chi connectivity index (χ4v) is 3.15. The SMILES string of the molecule is C/C(=N/NC(=O)CNc1nc2ccccc2s1)c1ccccc1[N+](=O)[O-]. The Morgan fingerprint density at radius 1 is 1.23 bits per heavy atom. The van der Waals surface area contributed by atoms with Crippen LogP contribution < -0.4 is 10.7 Å². The van der Waals surface area contributed by atoms with Crippen molar-refractivity contribution < 1.29 is 9.72 Å². The van der Waals surface area contributed by atoms with E-state index in [4.69, 9.17) is 0 Å². The van der Waals surface area contributed by atoms with Gasteiger partial charge in [-0.2, -0.15) is 5.10 Å². The van der Waals surface area contributed by atoms with Gasteiger partial charge in [-0.1, -0.05) is 35.6 Å². The van der Waals surface area contributed by atoms with Gasteiger partial charge in [-0.05, 0) is 25.1 Å². The lowest BCUT2D eigenvalue weighted by atomic mass is 10.1. The number of carbonyl (C=O) groups excluding carboxylic acids is 1. The second kappa shape index (κ2) is 7.70. The van der Waals surface area contributed by atoms with Crippen molar-refractivity contribution in [1.29, 1.82) is 0 Å². The lowest BCUT2D eigenvalue weighted by Crippen LogP contribution is -2.26.